The molecule has 0 amide bonds. The molecule has 0 aromatic heterocycles. The second-order valence-corrected chi connectivity index (χ2v) is 8.45. The average Bonchev–Trinajstić information content (AvgIpc) is 2.42. The SMILES string of the molecule is O=C(O)CCCCCNC(=S)Nc1ccc([As](=O)(O)O)cc1. The Bertz CT molecular complexity index is 558. The van der Waals surface area contributed by atoms with Crippen LogP contribution in [0.1, 0.15) is 25.7 Å². The van der Waals surface area contributed by atoms with Crippen molar-refractivity contribution in [1.29, 1.82) is 0 Å². The summed E-state index contributed by atoms with van der Waals surface area (Å²) in [6, 6.07) is 5.85. The molecular formula is C13H19AsN2O5S. The molecule has 0 heterocycles. The van der Waals surface area contributed by atoms with Crippen LogP contribution in [0.25, 0.3) is 0 Å². The zero-order valence-corrected chi connectivity index (χ0v) is 14.6. The second-order valence-electron chi connectivity index (χ2n) is 4.68. The Labute approximate surface area is 136 Å². The van der Waals surface area contributed by atoms with Crippen LogP contribution in [0.15, 0.2) is 24.3 Å². The molecule has 0 bridgehead atoms. The maximum absolute atomic E-state index is 11.1. The third-order valence-electron chi connectivity index (χ3n) is 2.81. The van der Waals surface area contributed by atoms with Crippen LogP contribution in [0.4, 0.5) is 5.69 Å². The zero-order valence-electron chi connectivity index (χ0n) is 11.9. The topological polar surface area (TPSA) is 119 Å². The quantitative estimate of drug-likeness (QED) is 0.242. The van der Waals surface area contributed by atoms with Gasteiger partial charge in [-0.15, -0.1) is 0 Å². The Morgan fingerprint density at radius 3 is 2.32 bits per heavy atom. The molecule has 0 fully saturated rings. The van der Waals surface area contributed by atoms with E-state index in [-0.39, 0.29) is 10.8 Å². The van der Waals surface area contributed by atoms with Gasteiger partial charge < -0.3 is 5.11 Å². The molecule has 9 heteroatoms. The van der Waals surface area contributed by atoms with Crippen LogP contribution < -0.4 is 15.0 Å². The van der Waals surface area contributed by atoms with E-state index in [0.717, 1.165) is 12.8 Å². The predicted octanol–water partition coefficient (Wildman–Crippen LogP) is 0.179. The van der Waals surface area contributed by atoms with Crippen molar-refractivity contribution in [2.75, 3.05) is 11.9 Å². The number of carbonyl (C=O) groups is 1. The summed E-state index contributed by atoms with van der Waals surface area (Å²) >= 11 is 0.257. The Balaban J connectivity index is 2.28. The van der Waals surface area contributed by atoms with E-state index in [0.29, 0.717) is 23.8 Å². The number of benzene rings is 1. The van der Waals surface area contributed by atoms with Crippen molar-refractivity contribution < 1.29 is 21.8 Å². The van der Waals surface area contributed by atoms with E-state index in [4.69, 9.17) is 25.5 Å². The number of carboxylic acids is 1. The predicted molar refractivity (Wildman–Crippen MR) is 87.3 cm³/mol. The Kier molecular flexibility index (Phi) is 7.61. The number of thiocarbonyl (C=S) groups is 1. The molecule has 1 rings (SSSR count). The van der Waals surface area contributed by atoms with Crippen LogP contribution >= 0.6 is 12.2 Å². The van der Waals surface area contributed by atoms with Crippen molar-refractivity contribution >= 4 is 47.5 Å². The fourth-order valence-corrected chi connectivity index (χ4v) is 3.04. The van der Waals surface area contributed by atoms with Crippen LogP contribution in [0.3, 0.4) is 0 Å². The molecule has 0 aliphatic rings. The first kappa shape index (κ1) is 18.7. The molecule has 0 spiro atoms. The van der Waals surface area contributed by atoms with Crippen molar-refractivity contribution in [2.45, 2.75) is 25.7 Å². The molecule has 0 radical (unpaired) electrons. The van der Waals surface area contributed by atoms with Gasteiger partial charge in [0.1, 0.15) is 0 Å². The number of anilines is 1. The molecule has 22 heavy (non-hydrogen) atoms. The first-order valence-corrected chi connectivity index (χ1v) is 10.5. The van der Waals surface area contributed by atoms with E-state index in [1.54, 1.807) is 12.1 Å². The summed E-state index contributed by atoms with van der Waals surface area (Å²) in [6.45, 7) is 0.634. The first-order valence-electron chi connectivity index (χ1n) is 6.72. The van der Waals surface area contributed by atoms with Gasteiger partial charge in [0.2, 0.25) is 0 Å². The van der Waals surface area contributed by atoms with E-state index in [1.165, 1.54) is 12.1 Å². The Morgan fingerprint density at radius 1 is 1.14 bits per heavy atom. The number of carboxylic acid groups (broad SMARTS) is 1. The number of nitrogens with one attached hydrogen (secondary N) is 2. The molecular weight excluding hydrogens is 371 g/mol. The van der Waals surface area contributed by atoms with Gasteiger partial charge in [-0.1, -0.05) is 0 Å². The van der Waals surface area contributed by atoms with E-state index >= 15 is 0 Å². The van der Waals surface area contributed by atoms with Gasteiger partial charge in [-0.05, 0) is 0 Å². The molecule has 122 valence electrons. The van der Waals surface area contributed by atoms with Gasteiger partial charge in [0.05, 0.1) is 0 Å². The van der Waals surface area contributed by atoms with E-state index in [1.807, 2.05) is 0 Å². The van der Waals surface area contributed by atoms with Gasteiger partial charge >= 0.3 is 127 Å². The number of hydrogen-bond acceptors (Lipinski definition) is 3. The van der Waals surface area contributed by atoms with Crippen LogP contribution in [0.2, 0.25) is 0 Å². The molecule has 0 unspecified atom stereocenters. The molecule has 1 aromatic rings. The zero-order chi connectivity index (χ0) is 16.6. The number of unbranched alkanes of at least 4 members (excludes halogenated alkanes) is 2. The fraction of sp³-hybridized carbons (Fsp3) is 0.385. The molecule has 7 nitrogen and oxygen atoms in total. The van der Waals surface area contributed by atoms with Crippen LogP contribution in [-0.4, -0.2) is 45.1 Å². The maximum atomic E-state index is 11.1. The third kappa shape index (κ3) is 7.61. The van der Waals surface area contributed by atoms with E-state index in [9.17, 15) is 8.53 Å². The molecule has 0 aliphatic heterocycles. The summed E-state index contributed by atoms with van der Waals surface area (Å²) < 4.78 is 29.2. The summed E-state index contributed by atoms with van der Waals surface area (Å²) in [5, 5.41) is 14.8. The minimum atomic E-state index is -4.84. The van der Waals surface area contributed by atoms with E-state index < -0.39 is 20.1 Å². The van der Waals surface area contributed by atoms with Crippen molar-refractivity contribution in [2.24, 2.45) is 0 Å². The summed E-state index contributed by atoms with van der Waals surface area (Å²) in [7, 11) is 0. The van der Waals surface area contributed by atoms with Crippen molar-refractivity contribution in [3.8, 4) is 0 Å². The summed E-state index contributed by atoms with van der Waals surface area (Å²) in [5.74, 6) is -0.787. The summed E-state index contributed by atoms with van der Waals surface area (Å²) in [5.41, 5.74) is 0.635. The van der Waals surface area contributed by atoms with E-state index in [2.05, 4.69) is 10.6 Å². The number of hydrogen-bond donors (Lipinski definition) is 5. The normalized spacial score (nSPS) is 11.0. The van der Waals surface area contributed by atoms with Crippen molar-refractivity contribution in [3.63, 3.8) is 0 Å². The number of aliphatic carboxylic acids is 1. The van der Waals surface area contributed by atoms with Gasteiger partial charge in [0.25, 0.3) is 0 Å². The summed E-state index contributed by atoms with van der Waals surface area (Å²) in [4.78, 5) is 10.3. The average molecular weight is 390 g/mol. The Hall–Kier alpha value is -1.34. The van der Waals surface area contributed by atoms with Gasteiger partial charge in [-0.2, -0.15) is 0 Å². The third-order valence-corrected chi connectivity index (χ3v) is 5.10. The second kappa shape index (κ2) is 8.95. The first-order chi connectivity index (χ1) is 10.3. The molecule has 1 aromatic carbocycles. The fourth-order valence-electron chi connectivity index (χ4n) is 1.69. The van der Waals surface area contributed by atoms with Gasteiger partial charge in [-0.3, -0.25) is 4.79 Å². The van der Waals surface area contributed by atoms with Gasteiger partial charge in [-0.25, -0.2) is 0 Å². The van der Waals surface area contributed by atoms with Crippen LogP contribution in [-0.2, 0) is 8.53 Å². The van der Waals surface area contributed by atoms with Crippen LogP contribution in [0, 0.1) is 0 Å². The van der Waals surface area contributed by atoms with Gasteiger partial charge in [0.15, 0.2) is 0 Å². The van der Waals surface area contributed by atoms with Crippen molar-refractivity contribution in [3.05, 3.63) is 24.3 Å². The van der Waals surface area contributed by atoms with Crippen molar-refractivity contribution in [1.82, 2.24) is 5.32 Å². The molecule has 0 aliphatic carbocycles. The van der Waals surface area contributed by atoms with Gasteiger partial charge in [0, 0.05) is 0 Å². The molecule has 5 N–H and O–H groups in total. The molecule has 0 saturated heterocycles. The molecule has 0 saturated carbocycles. The monoisotopic (exact) mass is 390 g/mol. The molecule has 0 atom stereocenters. The Morgan fingerprint density at radius 2 is 1.77 bits per heavy atom. The summed E-state index contributed by atoms with van der Waals surface area (Å²) in [6.07, 6.45) is 2.44. The van der Waals surface area contributed by atoms with Crippen LogP contribution in [0.5, 0.6) is 0 Å². The number of rotatable bonds is 8. The minimum absolute atomic E-state index is 0.0148. The standard InChI is InChI=1S/C13H19AsN2O5S/c17-12(18)4-2-1-3-9-15-13(22)16-11-7-5-10(6-8-11)14(19,20)21/h5-8H,1-4,9H2,(H,17,18)(H2,15,16,22)(H2,19,20,21).